The Morgan fingerprint density at radius 1 is 1.07 bits per heavy atom. The highest BCUT2D eigenvalue weighted by atomic mass is 15.3. The molecule has 2 aromatic rings. The van der Waals surface area contributed by atoms with E-state index in [1.54, 1.807) is 0 Å². The lowest BCUT2D eigenvalue weighted by molar-refractivity contribution is -0.746. The molecule has 0 unspecified atom stereocenters. The molecule has 2 nitrogen and oxygen atoms in total. The number of hydrogen-bond donors (Lipinski definition) is 0. The van der Waals surface area contributed by atoms with E-state index in [9.17, 15) is 0 Å². The Morgan fingerprint density at radius 3 is 2.57 bits per heavy atom. The molecule has 14 heavy (non-hydrogen) atoms. The van der Waals surface area contributed by atoms with Crippen LogP contribution in [-0.4, -0.2) is 5.10 Å². The number of hydrogen-bond acceptors (Lipinski definition) is 1. The van der Waals surface area contributed by atoms with E-state index >= 15 is 0 Å². The predicted molar refractivity (Wildman–Crippen MR) is 54.7 cm³/mol. The van der Waals surface area contributed by atoms with Crippen molar-refractivity contribution in [3.63, 3.8) is 0 Å². The zero-order valence-corrected chi connectivity index (χ0v) is 8.22. The molecule has 0 aliphatic carbocycles. The predicted octanol–water partition coefficient (Wildman–Crippen LogP) is 1.73. The number of benzene rings is 1. The Labute approximate surface area is 83.8 Å². The molecule has 0 aliphatic heterocycles. The summed E-state index contributed by atoms with van der Waals surface area (Å²) >= 11 is 0. The maximum atomic E-state index is 4.39. The first-order valence-electron chi connectivity index (χ1n) is 4.72. The van der Waals surface area contributed by atoms with Crippen LogP contribution in [0.15, 0.2) is 48.7 Å². The Bertz CT molecular complexity index is 410. The van der Waals surface area contributed by atoms with Gasteiger partial charge in [0, 0.05) is 11.6 Å². The standard InChI is InChI=1S/C12H13N2/c1-11-6-5-9-14(13-11)10-12-7-3-2-4-8-12/h2-9H,10H2,1H3/q+1. The topological polar surface area (TPSA) is 16.8 Å². The molecule has 0 saturated heterocycles. The van der Waals surface area contributed by atoms with Crippen LogP contribution in [0, 0.1) is 6.92 Å². The van der Waals surface area contributed by atoms with Crippen LogP contribution in [0.3, 0.4) is 0 Å². The summed E-state index contributed by atoms with van der Waals surface area (Å²) in [7, 11) is 0. The van der Waals surface area contributed by atoms with E-state index in [-0.39, 0.29) is 0 Å². The Hall–Kier alpha value is -1.70. The minimum Gasteiger partial charge on any atom is -0.0867 e. The van der Waals surface area contributed by atoms with Gasteiger partial charge in [-0.2, -0.15) is 0 Å². The Morgan fingerprint density at radius 2 is 1.86 bits per heavy atom. The SMILES string of the molecule is Cc1ccc[n+](Cc2ccccc2)n1. The summed E-state index contributed by atoms with van der Waals surface area (Å²) in [6, 6.07) is 14.4. The third-order valence-electron chi connectivity index (χ3n) is 2.07. The van der Waals surface area contributed by atoms with Gasteiger partial charge in [-0.25, -0.2) is 0 Å². The highest BCUT2D eigenvalue weighted by Gasteiger charge is 2.02. The molecule has 0 amide bonds. The van der Waals surface area contributed by atoms with Gasteiger partial charge in [-0.15, -0.1) is 0 Å². The van der Waals surface area contributed by atoms with Crippen LogP contribution in [0.2, 0.25) is 0 Å². The molecule has 2 heteroatoms. The van der Waals surface area contributed by atoms with Crippen LogP contribution in [0.4, 0.5) is 0 Å². The molecule has 0 aliphatic rings. The van der Waals surface area contributed by atoms with E-state index in [0.717, 1.165) is 12.2 Å². The first kappa shape index (κ1) is 8.88. The fourth-order valence-electron chi connectivity index (χ4n) is 1.41. The van der Waals surface area contributed by atoms with Gasteiger partial charge in [0.2, 0.25) is 0 Å². The van der Waals surface area contributed by atoms with Crippen LogP contribution in [0.5, 0.6) is 0 Å². The summed E-state index contributed by atoms with van der Waals surface area (Å²) in [4.78, 5) is 0. The smallest absolute Gasteiger partial charge is 0.0867 e. The minimum absolute atomic E-state index is 0.836. The van der Waals surface area contributed by atoms with E-state index in [1.807, 2.05) is 48.1 Å². The number of aromatic nitrogens is 2. The van der Waals surface area contributed by atoms with Crippen molar-refractivity contribution >= 4 is 0 Å². The van der Waals surface area contributed by atoms with Crippen LogP contribution >= 0.6 is 0 Å². The van der Waals surface area contributed by atoms with Gasteiger partial charge >= 0.3 is 0 Å². The van der Waals surface area contributed by atoms with Gasteiger partial charge in [0.25, 0.3) is 0 Å². The van der Waals surface area contributed by atoms with Crippen molar-refractivity contribution in [3.8, 4) is 0 Å². The fraction of sp³-hybridized carbons (Fsp3) is 0.167. The molecular weight excluding hydrogens is 172 g/mol. The maximum Gasteiger partial charge on any atom is 0.199 e. The molecular formula is C12H13N2+. The zero-order chi connectivity index (χ0) is 9.80. The third kappa shape index (κ3) is 2.16. The van der Waals surface area contributed by atoms with Gasteiger partial charge < -0.3 is 0 Å². The molecule has 0 saturated carbocycles. The number of nitrogens with zero attached hydrogens (tertiary/aromatic N) is 2. The summed E-state index contributed by atoms with van der Waals surface area (Å²) < 4.78 is 1.95. The van der Waals surface area contributed by atoms with Crippen LogP contribution in [0.25, 0.3) is 0 Å². The Kier molecular flexibility index (Phi) is 2.54. The zero-order valence-electron chi connectivity index (χ0n) is 8.22. The average molecular weight is 185 g/mol. The second kappa shape index (κ2) is 4.01. The van der Waals surface area contributed by atoms with E-state index in [2.05, 4.69) is 17.2 Å². The summed E-state index contributed by atoms with van der Waals surface area (Å²) in [5.41, 5.74) is 2.32. The molecule has 0 bridgehead atoms. The van der Waals surface area contributed by atoms with Crippen LogP contribution < -0.4 is 4.68 Å². The lowest BCUT2D eigenvalue weighted by Crippen LogP contribution is -2.38. The summed E-state index contributed by atoms with van der Waals surface area (Å²) in [5.74, 6) is 0. The van der Waals surface area contributed by atoms with Gasteiger partial charge in [-0.05, 0) is 18.1 Å². The highest BCUT2D eigenvalue weighted by Crippen LogP contribution is 1.96. The molecule has 1 heterocycles. The molecule has 1 aromatic carbocycles. The maximum absolute atomic E-state index is 4.39. The summed E-state index contributed by atoms with van der Waals surface area (Å²) in [6.07, 6.45) is 1.99. The lowest BCUT2D eigenvalue weighted by atomic mass is 10.2. The normalized spacial score (nSPS) is 10.1. The first-order chi connectivity index (χ1) is 6.84. The summed E-state index contributed by atoms with van der Waals surface area (Å²) in [6.45, 7) is 2.84. The molecule has 0 spiro atoms. The van der Waals surface area contributed by atoms with Crippen molar-refractivity contribution < 1.29 is 4.68 Å². The summed E-state index contributed by atoms with van der Waals surface area (Å²) in [5, 5.41) is 4.39. The van der Waals surface area contributed by atoms with Gasteiger partial charge in [0.05, 0.1) is 0 Å². The van der Waals surface area contributed by atoms with Crippen molar-refractivity contribution in [2.45, 2.75) is 13.5 Å². The van der Waals surface area contributed by atoms with Gasteiger partial charge in [0.1, 0.15) is 5.69 Å². The van der Waals surface area contributed by atoms with Crippen molar-refractivity contribution in [2.75, 3.05) is 0 Å². The van der Waals surface area contributed by atoms with E-state index in [4.69, 9.17) is 0 Å². The monoisotopic (exact) mass is 185 g/mol. The van der Waals surface area contributed by atoms with E-state index < -0.39 is 0 Å². The first-order valence-corrected chi connectivity index (χ1v) is 4.72. The van der Waals surface area contributed by atoms with Crippen molar-refractivity contribution in [1.29, 1.82) is 0 Å². The molecule has 1 aromatic heterocycles. The van der Waals surface area contributed by atoms with Crippen molar-refractivity contribution in [1.82, 2.24) is 5.10 Å². The molecule has 70 valence electrons. The third-order valence-corrected chi connectivity index (χ3v) is 2.07. The molecule has 0 radical (unpaired) electrons. The van der Waals surface area contributed by atoms with Crippen LogP contribution in [0.1, 0.15) is 11.3 Å². The molecule has 2 rings (SSSR count). The highest BCUT2D eigenvalue weighted by molar-refractivity contribution is 5.13. The van der Waals surface area contributed by atoms with E-state index in [0.29, 0.717) is 0 Å². The van der Waals surface area contributed by atoms with Gasteiger partial charge in [0.15, 0.2) is 12.7 Å². The largest absolute Gasteiger partial charge is 0.199 e. The molecule has 0 fully saturated rings. The fourth-order valence-corrected chi connectivity index (χ4v) is 1.41. The van der Waals surface area contributed by atoms with Crippen LogP contribution in [-0.2, 0) is 6.54 Å². The number of aryl methyl sites for hydroxylation is 1. The number of rotatable bonds is 2. The Balaban J connectivity index is 2.19. The van der Waals surface area contributed by atoms with Crippen molar-refractivity contribution in [3.05, 3.63) is 59.9 Å². The van der Waals surface area contributed by atoms with Gasteiger partial charge in [-0.3, -0.25) is 0 Å². The van der Waals surface area contributed by atoms with E-state index in [1.165, 1.54) is 5.56 Å². The van der Waals surface area contributed by atoms with Gasteiger partial charge in [-0.1, -0.05) is 35.0 Å². The molecule has 0 atom stereocenters. The van der Waals surface area contributed by atoms with Crippen molar-refractivity contribution in [2.24, 2.45) is 0 Å². The average Bonchev–Trinajstić information content (AvgIpc) is 2.19. The second-order valence-electron chi connectivity index (χ2n) is 3.33. The quantitative estimate of drug-likeness (QED) is 0.651. The second-order valence-corrected chi connectivity index (χ2v) is 3.33. The minimum atomic E-state index is 0.836. The lowest BCUT2D eigenvalue weighted by Gasteiger charge is -1.95. The molecule has 0 N–H and O–H groups in total.